The third kappa shape index (κ3) is 5.21. The van der Waals surface area contributed by atoms with Crippen molar-refractivity contribution in [3.8, 4) is 5.75 Å². The highest BCUT2D eigenvalue weighted by Crippen LogP contribution is 2.31. The van der Waals surface area contributed by atoms with Gasteiger partial charge in [-0.15, -0.1) is 0 Å². The van der Waals surface area contributed by atoms with Crippen molar-refractivity contribution in [2.24, 2.45) is 0 Å². The van der Waals surface area contributed by atoms with Gasteiger partial charge in [-0.3, -0.25) is 24.2 Å². The van der Waals surface area contributed by atoms with Gasteiger partial charge in [0.05, 0.1) is 5.69 Å². The van der Waals surface area contributed by atoms with E-state index in [1.54, 1.807) is 29.2 Å². The number of anilines is 1. The number of esters is 1. The summed E-state index contributed by atoms with van der Waals surface area (Å²) in [5.74, 6) is -0.626. The van der Waals surface area contributed by atoms with Gasteiger partial charge in [-0.25, -0.2) is 0 Å². The van der Waals surface area contributed by atoms with Gasteiger partial charge in [-0.05, 0) is 17.7 Å². The number of carbonyl (C=O) groups excluding carboxylic acids is 3. The summed E-state index contributed by atoms with van der Waals surface area (Å²) in [7, 11) is 0. The molecule has 1 saturated heterocycles. The number of fused-ring (bicyclic) bond motifs is 1. The molecule has 2 aromatic rings. The van der Waals surface area contributed by atoms with Crippen molar-refractivity contribution in [1.82, 2.24) is 9.80 Å². The molecule has 4 rings (SSSR count). The first-order valence-electron chi connectivity index (χ1n) is 10.3. The lowest BCUT2D eigenvalue weighted by Crippen LogP contribution is -2.49. The summed E-state index contributed by atoms with van der Waals surface area (Å²) in [5.41, 5.74) is 1.77. The van der Waals surface area contributed by atoms with E-state index in [9.17, 15) is 14.4 Å². The molecule has 0 bridgehead atoms. The molecule has 0 aliphatic carbocycles. The van der Waals surface area contributed by atoms with E-state index in [1.165, 1.54) is 10.5 Å². The summed E-state index contributed by atoms with van der Waals surface area (Å²) < 4.78 is 10.5. The summed E-state index contributed by atoms with van der Waals surface area (Å²) in [6.07, 6.45) is 0. The molecule has 8 nitrogen and oxygen atoms in total. The summed E-state index contributed by atoms with van der Waals surface area (Å²) in [5, 5.41) is 0. The highest BCUT2D eigenvalue weighted by atomic mass is 16.5. The zero-order chi connectivity index (χ0) is 21.6. The number of hydrogen-bond acceptors (Lipinski definition) is 6. The van der Waals surface area contributed by atoms with E-state index in [1.807, 2.05) is 18.2 Å². The Labute approximate surface area is 180 Å². The monoisotopic (exact) mass is 423 g/mol. The number of ether oxygens (including phenoxy) is 2. The Morgan fingerprint density at radius 3 is 2.42 bits per heavy atom. The van der Waals surface area contributed by atoms with Crippen LogP contribution in [0.25, 0.3) is 0 Å². The molecule has 0 aromatic heterocycles. The molecule has 0 spiro atoms. The highest BCUT2D eigenvalue weighted by molar-refractivity contribution is 6.01. The maximum absolute atomic E-state index is 12.5. The van der Waals surface area contributed by atoms with Crippen LogP contribution in [0.1, 0.15) is 5.56 Å². The van der Waals surface area contributed by atoms with Crippen LogP contribution in [0.15, 0.2) is 54.6 Å². The predicted molar refractivity (Wildman–Crippen MR) is 114 cm³/mol. The van der Waals surface area contributed by atoms with Crippen LogP contribution in [-0.4, -0.2) is 73.5 Å². The summed E-state index contributed by atoms with van der Waals surface area (Å²) >= 11 is 0. The fourth-order valence-corrected chi connectivity index (χ4v) is 3.73. The van der Waals surface area contributed by atoms with E-state index in [-0.39, 0.29) is 31.6 Å². The van der Waals surface area contributed by atoms with Gasteiger partial charge >= 0.3 is 5.97 Å². The fraction of sp³-hybridized carbons (Fsp3) is 0.348. The summed E-state index contributed by atoms with van der Waals surface area (Å²) in [6.45, 7) is 2.89. The largest absolute Gasteiger partial charge is 0.482 e. The second kappa shape index (κ2) is 9.61. The quantitative estimate of drug-likeness (QED) is 0.652. The van der Waals surface area contributed by atoms with Crippen LogP contribution in [-0.2, 0) is 25.7 Å². The Bertz CT molecular complexity index is 941. The molecule has 0 N–H and O–H groups in total. The topological polar surface area (TPSA) is 79.4 Å². The number of piperazine rings is 1. The first kappa shape index (κ1) is 20.9. The van der Waals surface area contributed by atoms with Gasteiger partial charge in [-0.2, -0.15) is 0 Å². The lowest BCUT2D eigenvalue weighted by molar-refractivity contribution is -0.152. The number of nitrogens with zero attached hydrogens (tertiary/aromatic N) is 3. The average molecular weight is 423 g/mol. The summed E-state index contributed by atoms with van der Waals surface area (Å²) in [4.78, 5) is 42.2. The smallest absolute Gasteiger partial charge is 0.326 e. The van der Waals surface area contributed by atoms with Gasteiger partial charge < -0.3 is 14.4 Å². The van der Waals surface area contributed by atoms with Crippen molar-refractivity contribution in [2.45, 2.75) is 6.54 Å². The Morgan fingerprint density at radius 2 is 1.65 bits per heavy atom. The third-order valence-electron chi connectivity index (χ3n) is 5.43. The predicted octanol–water partition coefficient (Wildman–Crippen LogP) is 1.30. The van der Waals surface area contributed by atoms with Crippen molar-refractivity contribution < 1.29 is 23.9 Å². The van der Waals surface area contributed by atoms with Crippen LogP contribution >= 0.6 is 0 Å². The molecule has 162 valence electrons. The zero-order valence-electron chi connectivity index (χ0n) is 17.2. The molecule has 0 saturated carbocycles. The minimum absolute atomic E-state index is 0.128. The molecule has 2 aliphatic rings. The normalized spacial score (nSPS) is 16.5. The third-order valence-corrected chi connectivity index (χ3v) is 5.43. The van der Waals surface area contributed by atoms with E-state index in [4.69, 9.17) is 9.47 Å². The number of amides is 2. The highest BCUT2D eigenvalue weighted by Gasteiger charge is 2.28. The van der Waals surface area contributed by atoms with Crippen LogP contribution in [0.4, 0.5) is 5.69 Å². The van der Waals surface area contributed by atoms with Crippen LogP contribution in [0.5, 0.6) is 5.75 Å². The Hall–Kier alpha value is -3.39. The molecule has 2 aromatic carbocycles. The first-order valence-corrected chi connectivity index (χ1v) is 10.3. The van der Waals surface area contributed by atoms with E-state index < -0.39 is 5.97 Å². The number of hydrogen-bond donors (Lipinski definition) is 0. The Morgan fingerprint density at radius 1 is 0.935 bits per heavy atom. The number of para-hydroxylation sites is 2. The molecule has 2 heterocycles. The second-order valence-electron chi connectivity index (χ2n) is 7.54. The lowest BCUT2D eigenvalue weighted by atomic mass is 10.2. The standard InChI is InChI=1S/C23H25N3O5/c27-21(25-12-10-24(11-13-25)14-18-6-2-1-3-7-18)16-31-23(29)15-26-19-8-4-5-9-20(19)30-17-22(26)28/h1-9H,10-17H2. The van der Waals surface area contributed by atoms with E-state index in [0.29, 0.717) is 24.5 Å². The molecule has 0 atom stereocenters. The van der Waals surface area contributed by atoms with Gasteiger partial charge in [0.1, 0.15) is 12.3 Å². The molecule has 8 heteroatoms. The SMILES string of the molecule is O=C(CN1C(=O)COc2ccccc21)OCC(=O)N1CCN(Cc2ccccc2)CC1. The maximum Gasteiger partial charge on any atom is 0.326 e. The molecule has 0 unspecified atom stereocenters. The molecular formula is C23H25N3O5. The van der Waals surface area contributed by atoms with Crippen LogP contribution < -0.4 is 9.64 Å². The van der Waals surface area contributed by atoms with Crippen LogP contribution in [0, 0.1) is 0 Å². The minimum Gasteiger partial charge on any atom is -0.482 e. The van der Waals surface area contributed by atoms with Crippen molar-refractivity contribution in [3.63, 3.8) is 0 Å². The molecule has 1 fully saturated rings. The van der Waals surface area contributed by atoms with Crippen LogP contribution in [0.2, 0.25) is 0 Å². The van der Waals surface area contributed by atoms with Gasteiger partial charge in [0, 0.05) is 32.7 Å². The minimum atomic E-state index is -0.624. The van der Waals surface area contributed by atoms with Crippen molar-refractivity contribution in [2.75, 3.05) is 50.8 Å². The molecule has 2 amide bonds. The van der Waals surface area contributed by atoms with Gasteiger partial charge in [0.15, 0.2) is 13.2 Å². The molecule has 0 radical (unpaired) electrons. The Kier molecular flexibility index (Phi) is 6.47. The van der Waals surface area contributed by atoms with Gasteiger partial charge in [-0.1, -0.05) is 42.5 Å². The number of rotatable bonds is 6. The number of benzene rings is 2. The average Bonchev–Trinajstić information content (AvgIpc) is 2.80. The van der Waals surface area contributed by atoms with E-state index >= 15 is 0 Å². The van der Waals surface area contributed by atoms with Crippen LogP contribution in [0.3, 0.4) is 0 Å². The van der Waals surface area contributed by atoms with E-state index in [2.05, 4.69) is 17.0 Å². The molecular weight excluding hydrogens is 398 g/mol. The van der Waals surface area contributed by atoms with E-state index in [0.717, 1.165) is 19.6 Å². The lowest BCUT2D eigenvalue weighted by Gasteiger charge is -2.34. The molecule has 31 heavy (non-hydrogen) atoms. The maximum atomic E-state index is 12.5. The van der Waals surface area contributed by atoms with Gasteiger partial charge in [0.25, 0.3) is 11.8 Å². The first-order chi connectivity index (χ1) is 15.1. The van der Waals surface area contributed by atoms with Crippen molar-refractivity contribution >= 4 is 23.5 Å². The van der Waals surface area contributed by atoms with Crippen molar-refractivity contribution in [3.05, 3.63) is 60.2 Å². The fourth-order valence-electron chi connectivity index (χ4n) is 3.73. The number of carbonyl (C=O) groups is 3. The second-order valence-corrected chi connectivity index (χ2v) is 7.54. The zero-order valence-corrected chi connectivity index (χ0v) is 17.2. The summed E-state index contributed by atoms with van der Waals surface area (Å²) in [6, 6.07) is 17.2. The molecule has 2 aliphatic heterocycles. The Balaban J connectivity index is 1.22. The van der Waals surface area contributed by atoms with Crippen molar-refractivity contribution in [1.29, 1.82) is 0 Å². The van der Waals surface area contributed by atoms with Gasteiger partial charge in [0.2, 0.25) is 0 Å².